The number of hydrogen-bond donors (Lipinski definition) is 0. The first-order valence-electron chi connectivity index (χ1n) is 7.16. The average Bonchev–Trinajstić information content (AvgIpc) is 3.18. The molecule has 2 aromatic rings. The van der Waals surface area contributed by atoms with Crippen LogP contribution in [0.1, 0.15) is 12.2 Å². The largest absolute Gasteiger partial charge is 0.469 e. The number of aromatic nitrogens is 3. The minimum atomic E-state index is -0.184. The quantitative estimate of drug-likeness (QED) is 0.781. The van der Waals surface area contributed by atoms with E-state index in [4.69, 9.17) is 14.2 Å². The molecule has 0 N–H and O–H groups in total. The Morgan fingerprint density at radius 2 is 2.18 bits per heavy atom. The zero-order valence-corrected chi connectivity index (χ0v) is 12.1. The number of hydrogen-bond acceptors (Lipinski definition) is 6. The van der Waals surface area contributed by atoms with Crippen LogP contribution in [0, 0.1) is 5.92 Å². The van der Waals surface area contributed by atoms with Crippen molar-refractivity contribution in [3.63, 3.8) is 0 Å². The molecule has 0 radical (unpaired) electrons. The van der Waals surface area contributed by atoms with E-state index in [0.717, 1.165) is 35.8 Å². The molecule has 1 aromatic carbocycles. The first-order valence-corrected chi connectivity index (χ1v) is 7.16. The lowest BCUT2D eigenvalue weighted by Gasteiger charge is -2.22. The van der Waals surface area contributed by atoms with Gasteiger partial charge in [-0.25, -0.2) is 0 Å². The number of methoxy groups -OCH3 is 1. The second kappa shape index (κ2) is 5.01. The highest BCUT2D eigenvalue weighted by atomic mass is 16.7. The molecule has 0 spiro atoms. The molecule has 2 aliphatic heterocycles. The third-order valence-corrected chi connectivity index (χ3v) is 4.11. The molecule has 0 saturated heterocycles. The molecule has 0 saturated carbocycles. The molecule has 0 amide bonds. The minimum Gasteiger partial charge on any atom is -0.469 e. The van der Waals surface area contributed by atoms with Crippen molar-refractivity contribution < 1.29 is 19.0 Å². The van der Waals surface area contributed by atoms with Gasteiger partial charge in [-0.2, -0.15) is 0 Å². The number of fused-ring (bicyclic) bond motifs is 2. The van der Waals surface area contributed by atoms with Crippen LogP contribution in [0.3, 0.4) is 0 Å². The number of aryl methyl sites for hydroxylation is 1. The monoisotopic (exact) mass is 301 g/mol. The molecule has 7 heteroatoms. The van der Waals surface area contributed by atoms with Gasteiger partial charge in [0.15, 0.2) is 17.3 Å². The molecule has 0 bridgehead atoms. The fraction of sp³-hybridized carbons (Fsp3) is 0.400. The summed E-state index contributed by atoms with van der Waals surface area (Å²) in [4.78, 5) is 11.8. The van der Waals surface area contributed by atoms with Crippen LogP contribution in [-0.2, 0) is 22.5 Å². The van der Waals surface area contributed by atoms with Crippen molar-refractivity contribution >= 4 is 5.97 Å². The van der Waals surface area contributed by atoms with Gasteiger partial charge in [-0.1, -0.05) is 0 Å². The molecule has 1 atom stereocenters. The van der Waals surface area contributed by atoms with E-state index in [2.05, 4.69) is 10.2 Å². The molecular formula is C15H15N3O4. The van der Waals surface area contributed by atoms with Crippen LogP contribution in [0.4, 0.5) is 0 Å². The van der Waals surface area contributed by atoms with E-state index in [-0.39, 0.29) is 18.7 Å². The number of rotatable bonds is 2. The van der Waals surface area contributed by atoms with Gasteiger partial charge in [0, 0.05) is 18.5 Å². The summed E-state index contributed by atoms with van der Waals surface area (Å²) in [6, 6.07) is 5.67. The Labute approximate surface area is 126 Å². The number of ether oxygens (including phenoxy) is 3. The number of carbonyl (C=O) groups excluding carboxylic acids is 1. The van der Waals surface area contributed by atoms with Gasteiger partial charge in [-0.3, -0.25) is 4.79 Å². The highest BCUT2D eigenvalue weighted by molar-refractivity contribution is 5.72. The van der Waals surface area contributed by atoms with Gasteiger partial charge in [-0.15, -0.1) is 10.2 Å². The van der Waals surface area contributed by atoms with E-state index in [1.807, 2.05) is 22.8 Å². The van der Waals surface area contributed by atoms with Crippen molar-refractivity contribution in [3.05, 3.63) is 24.0 Å². The highest BCUT2D eigenvalue weighted by Crippen LogP contribution is 2.36. The lowest BCUT2D eigenvalue weighted by molar-refractivity contribution is -0.146. The Bertz CT molecular complexity index is 740. The van der Waals surface area contributed by atoms with Crippen LogP contribution < -0.4 is 9.47 Å². The highest BCUT2D eigenvalue weighted by Gasteiger charge is 2.29. The van der Waals surface area contributed by atoms with E-state index in [1.54, 1.807) is 0 Å². The number of nitrogens with zero attached hydrogens (tertiary/aromatic N) is 3. The Morgan fingerprint density at radius 1 is 1.32 bits per heavy atom. The van der Waals surface area contributed by atoms with Gasteiger partial charge in [0.25, 0.3) is 0 Å². The van der Waals surface area contributed by atoms with Crippen LogP contribution in [-0.4, -0.2) is 34.6 Å². The second-order valence-electron chi connectivity index (χ2n) is 5.38. The van der Waals surface area contributed by atoms with Crippen LogP contribution in [0.25, 0.3) is 11.4 Å². The number of benzene rings is 1. The van der Waals surface area contributed by atoms with Crippen molar-refractivity contribution in [3.8, 4) is 22.9 Å². The van der Waals surface area contributed by atoms with Crippen LogP contribution in [0.2, 0.25) is 0 Å². The van der Waals surface area contributed by atoms with E-state index in [9.17, 15) is 4.79 Å². The van der Waals surface area contributed by atoms with Crippen LogP contribution >= 0.6 is 0 Å². The second-order valence-corrected chi connectivity index (χ2v) is 5.38. The van der Waals surface area contributed by atoms with Gasteiger partial charge in [0.1, 0.15) is 5.82 Å². The lowest BCUT2D eigenvalue weighted by atomic mass is 9.99. The van der Waals surface area contributed by atoms with Gasteiger partial charge >= 0.3 is 5.97 Å². The summed E-state index contributed by atoms with van der Waals surface area (Å²) in [5.74, 6) is 2.73. The van der Waals surface area contributed by atoms with Crippen molar-refractivity contribution in [2.75, 3.05) is 13.9 Å². The van der Waals surface area contributed by atoms with Crippen molar-refractivity contribution in [1.29, 1.82) is 0 Å². The Kier molecular flexibility index (Phi) is 2.99. The predicted octanol–water partition coefficient (Wildman–Crippen LogP) is 1.41. The molecule has 0 aliphatic carbocycles. The fourth-order valence-electron chi connectivity index (χ4n) is 2.94. The molecule has 0 fully saturated rings. The lowest BCUT2D eigenvalue weighted by Crippen LogP contribution is -2.28. The Morgan fingerprint density at radius 3 is 3.05 bits per heavy atom. The normalized spacial score (nSPS) is 18.9. The summed E-state index contributed by atoms with van der Waals surface area (Å²) in [6.45, 7) is 0.778. The molecule has 1 aromatic heterocycles. The summed E-state index contributed by atoms with van der Waals surface area (Å²) in [5, 5.41) is 8.51. The van der Waals surface area contributed by atoms with E-state index < -0.39 is 0 Å². The summed E-state index contributed by atoms with van der Waals surface area (Å²) < 4.78 is 17.6. The van der Waals surface area contributed by atoms with E-state index >= 15 is 0 Å². The SMILES string of the molecule is COC(=O)C1CCc2nnc(-c3ccc4c(c3)OCO4)n2C1. The maximum atomic E-state index is 11.8. The molecule has 4 rings (SSSR count). The maximum absolute atomic E-state index is 11.8. The van der Waals surface area contributed by atoms with E-state index in [1.165, 1.54) is 7.11 Å². The standard InChI is InChI=1S/C15H15N3O4/c1-20-15(19)10-3-5-13-16-17-14(18(13)7-10)9-2-4-11-12(6-9)22-8-21-11/h2,4,6,10H,3,5,7-8H2,1H3. The molecular weight excluding hydrogens is 286 g/mol. The molecule has 22 heavy (non-hydrogen) atoms. The summed E-state index contributed by atoms with van der Waals surface area (Å²) in [5.41, 5.74) is 0.897. The van der Waals surface area contributed by atoms with Gasteiger partial charge in [0.05, 0.1) is 13.0 Å². The fourth-order valence-corrected chi connectivity index (χ4v) is 2.94. The average molecular weight is 301 g/mol. The van der Waals surface area contributed by atoms with Crippen molar-refractivity contribution in [1.82, 2.24) is 14.8 Å². The molecule has 1 unspecified atom stereocenters. The summed E-state index contributed by atoms with van der Waals surface area (Å²) in [7, 11) is 1.42. The van der Waals surface area contributed by atoms with Gasteiger partial charge < -0.3 is 18.8 Å². The Balaban J connectivity index is 1.70. The van der Waals surface area contributed by atoms with Gasteiger partial charge in [-0.05, 0) is 24.6 Å². The predicted molar refractivity (Wildman–Crippen MR) is 75.4 cm³/mol. The first-order chi connectivity index (χ1) is 10.8. The summed E-state index contributed by atoms with van der Waals surface area (Å²) >= 11 is 0. The molecule has 3 heterocycles. The third kappa shape index (κ3) is 2.01. The summed E-state index contributed by atoms with van der Waals surface area (Å²) in [6.07, 6.45) is 1.46. The van der Waals surface area contributed by atoms with Crippen LogP contribution in [0.15, 0.2) is 18.2 Å². The zero-order valence-electron chi connectivity index (χ0n) is 12.1. The third-order valence-electron chi connectivity index (χ3n) is 4.11. The number of esters is 1. The zero-order chi connectivity index (χ0) is 15.1. The van der Waals surface area contributed by atoms with Gasteiger partial charge in [0.2, 0.25) is 6.79 Å². The Hall–Kier alpha value is -2.57. The minimum absolute atomic E-state index is 0.152. The van der Waals surface area contributed by atoms with Crippen LogP contribution in [0.5, 0.6) is 11.5 Å². The smallest absolute Gasteiger partial charge is 0.310 e. The molecule has 7 nitrogen and oxygen atoms in total. The van der Waals surface area contributed by atoms with Crippen molar-refractivity contribution in [2.24, 2.45) is 5.92 Å². The maximum Gasteiger partial charge on any atom is 0.310 e. The number of carbonyl (C=O) groups is 1. The van der Waals surface area contributed by atoms with Crippen molar-refractivity contribution in [2.45, 2.75) is 19.4 Å². The first kappa shape index (κ1) is 13.1. The van der Waals surface area contributed by atoms with E-state index in [0.29, 0.717) is 12.3 Å². The topological polar surface area (TPSA) is 75.5 Å². The molecule has 114 valence electrons. The molecule has 2 aliphatic rings.